The smallest absolute Gasteiger partial charge is 0.0184 e. The van der Waals surface area contributed by atoms with Gasteiger partial charge in [0.15, 0.2) is 0 Å². The SMILES string of the molecule is CC.CC.CC.CC.CC.CC.CCC.Cc1ccccc1C.Cc1ccccc1C.Cc1ccccc1C.c1ccc2ccccc2c1. The number of fused-ring (bicyclic) bond motifs is 1. The molecule has 0 unspecified atom stereocenters. The van der Waals surface area contributed by atoms with Gasteiger partial charge in [-0.1, -0.05) is 225 Å². The van der Waals surface area contributed by atoms with Crippen LogP contribution in [0.2, 0.25) is 0 Å². The summed E-state index contributed by atoms with van der Waals surface area (Å²) >= 11 is 0. The Hall–Kier alpha value is -3.64. The third-order valence-electron chi connectivity index (χ3n) is 5.94. The van der Waals surface area contributed by atoms with E-state index < -0.39 is 0 Å². The van der Waals surface area contributed by atoms with Crippen LogP contribution in [-0.4, -0.2) is 0 Å². The number of rotatable bonds is 0. The second-order valence-electron chi connectivity index (χ2n) is 9.31. The van der Waals surface area contributed by atoms with Crippen LogP contribution in [0.1, 0.15) is 137 Å². The van der Waals surface area contributed by atoms with E-state index in [2.05, 4.69) is 177 Å². The molecule has 5 rings (SSSR count). The minimum absolute atomic E-state index is 1.25. The van der Waals surface area contributed by atoms with E-state index in [-0.39, 0.29) is 0 Å². The van der Waals surface area contributed by atoms with Crippen LogP contribution < -0.4 is 0 Å². The van der Waals surface area contributed by atoms with Gasteiger partial charge < -0.3 is 0 Å². The Balaban J connectivity index is -0.000000112. The number of aryl methyl sites for hydroxylation is 6. The topological polar surface area (TPSA) is 0 Å². The first-order valence-corrected chi connectivity index (χ1v) is 19.3. The molecule has 0 fully saturated rings. The maximum absolute atomic E-state index is 2.12. The Bertz CT molecular complexity index is 1050. The molecular weight excluding hydrogens is 589 g/mol. The van der Waals surface area contributed by atoms with Gasteiger partial charge >= 0.3 is 0 Å². The lowest BCUT2D eigenvalue weighted by molar-refractivity contribution is 1.09. The molecule has 0 aliphatic heterocycles. The van der Waals surface area contributed by atoms with Crippen molar-refractivity contribution in [1.82, 2.24) is 0 Å². The number of benzene rings is 5. The largest absolute Gasteiger partial charge is 0.0683 e. The molecule has 0 atom stereocenters. The van der Waals surface area contributed by atoms with Crippen LogP contribution in [0, 0.1) is 41.5 Å². The lowest BCUT2D eigenvalue weighted by Gasteiger charge is -1.93. The zero-order valence-electron chi connectivity index (χ0n) is 36.3. The first kappa shape index (κ1) is 57.6. The zero-order chi connectivity index (χ0) is 39.5. The molecule has 0 saturated heterocycles. The van der Waals surface area contributed by atoms with Crippen molar-refractivity contribution in [2.24, 2.45) is 0 Å². The summed E-state index contributed by atoms with van der Waals surface area (Å²) in [5, 5.41) is 2.62. The van der Waals surface area contributed by atoms with E-state index in [1.807, 2.05) is 83.1 Å². The van der Waals surface area contributed by atoms with Crippen molar-refractivity contribution in [2.75, 3.05) is 0 Å². The summed E-state index contributed by atoms with van der Waals surface area (Å²) in [5.74, 6) is 0. The van der Waals surface area contributed by atoms with Gasteiger partial charge in [-0.15, -0.1) is 0 Å². The number of hydrogen-bond donors (Lipinski definition) is 0. The fourth-order valence-corrected chi connectivity index (χ4v) is 3.12. The lowest BCUT2D eigenvalue weighted by atomic mass is 10.1. The van der Waals surface area contributed by atoms with Crippen molar-refractivity contribution in [2.45, 2.75) is 145 Å². The van der Waals surface area contributed by atoms with E-state index in [0.717, 1.165) is 0 Å². The summed E-state index contributed by atoms with van der Waals surface area (Å²) in [6, 6.07) is 41.8. The Labute approximate surface area is 309 Å². The first-order valence-electron chi connectivity index (χ1n) is 19.3. The average molecular weight is 671 g/mol. The summed E-state index contributed by atoms with van der Waals surface area (Å²) in [4.78, 5) is 0. The third kappa shape index (κ3) is 35.5. The average Bonchev–Trinajstić information content (AvgIpc) is 3.18. The quantitative estimate of drug-likeness (QED) is 0.154. The predicted molar refractivity (Wildman–Crippen MR) is 236 cm³/mol. The number of hydrogen-bond acceptors (Lipinski definition) is 0. The van der Waals surface area contributed by atoms with Crippen molar-refractivity contribution in [3.63, 3.8) is 0 Å². The molecule has 0 heterocycles. The molecule has 0 saturated carbocycles. The highest BCUT2D eigenvalue weighted by molar-refractivity contribution is 5.82. The summed E-state index contributed by atoms with van der Waals surface area (Å²) in [6.07, 6.45) is 1.25. The summed E-state index contributed by atoms with van der Waals surface area (Å²) in [7, 11) is 0. The highest BCUT2D eigenvalue weighted by Crippen LogP contribution is 2.11. The molecule has 0 bridgehead atoms. The minimum atomic E-state index is 1.25. The Morgan fingerprint density at radius 2 is 0.347 bits per heavy atom. The molecule has 0 N–H and O–H groups in total. The molecule has 49 heavy (non-hydrogen) atoms. The molecule has 0 spiro atoms. The first-order chi connectivity index (χ1) is 23.8. The second kappa shape index (κ2) is 48.8. The second-order valence-corrected chi connectivity index (χ2v) is 9.31. The van der Waals surface area contributed by atoms with E-state index in [0.29, 0.717) is 0 Å². The van der Waals surface area contributed by atoms with E-state index in [9.17, 15) is 0 Å². The minimum Gasteiger partial charge on any atom is -0.0683 e. The molecule has 0 amide bonds. The predicted octanol–water partition coefficient (Wildman–Crippen LogP) is 17.3. The van der Waals surface area contributed by atoms with Crippen LogP contribution in [-0.2, 0) is 0 Å². The van der Waals surface area contributed by atoms with Crippen molar-refractivity contribution in [1.29, 1.82) is 0 Å². The van der Waals surface area contributed by atoms with Crippen molar-refractivity contribution in [3.05, 3.63) is 155 Å². The van der Waals surface area contributed by atoms with Crippen LogP contribution in [0.15, 0.2) is 121 Å². The van der Waals surface area contributed by atoms with Crippen molar-refractivity contribution < 1.29 is 0 Å². The van der Waals surface area contributed by atoms with E-state index in [4.69, 9.17) is 0 Å². The Kier molecular flexibility index (Phi) is 57.3. The monoisotopic (exact) mass is 671 g/mol. The standard InChI is InChI=1S/C10H8.3C8H10.C3H8.6C2H6/c1-2-6-10-8-4-3-7-9(10)5-1;3*1-7-5-3-4-6-8(7)2;1-3-2;6*1-2/h1-8H;3*3-6H,1-2H3;3H2,1-2H3;6*1-2H3. The van der Waals surface area contributed by atoms with Gasteiger partial charge in [-0.2, -0.15) is 0 Å². The molecular formula is C49H82. The summed E-state index contributed by atoms with van der Waals surface area (Å²) < 4.78 is 0. The van der Waals surface area contributed by atoms with Gasteiger partial charge in [0, 0.05) is 0 Å². The van der Waals surface area contributed by atoms with E-state index in [1.54, 1.807) is 0 Å². The molecule has 0 radical (unpaired) electrons. The van der Waals surface area contributed by atoms with Crippen LogP contribution in [0.3, 0.4) is 0 Å². The molecule has 5 aromatic rings. The van der Waals surface area contributed by atoms with Gasteiger partial charge in [-0.3, -0.25) is 0 Å². The normalized spacial score (nSPS) is 7.67. The van der Waals surface area contributed by atoms with Gasteiger partial charge in [-0.05, 0) is 85.7 Å². The summed E-state index contributed by atoms with van der Waals surface area (Å²) in [5.41, 5.74) is 8.21. The Morgan fingerprint density at radius 1 is 0.245 bits per heavy atom. The van der Waals surface area contributed by atoms with Crippen molar-refractivity contribution >= 4 is 10.8 Å². The molecule has 0 aliphatic carbocycles. The van der Waals surface area contributed by atoms with Crippen LogP contribution in [0.4, 0.5) is 0 Å². The zero-order valence-corrected chi connectivity index (χ0v) is 36.3. The van der Waals surface area contributed by atoms with Gasteiger partial charge in [0.05, 0.1) is 0 Å². The fraction of sp³-hybridized carbons (Fsp3) is 0.429. The fourth-order valence-electron chi connectivity index (χ4n) is 3.12. The van der Waals surface area contributed by atoms with Crippen LogP contribution >= 0.6 is 0 Å². The molecule has 5 aromatic carbocycles. The lowest BCUT2D eigenvalue weighted by Crippen LogP contribution is -1.74. The van der Waals surface area contributed by atoms with Crippen LogP contribution in [0.25, 0.3) is 10.8 Å². The van der Waals surface area contributed by atoms with Gasteiger partial charge in [0.25, 0.3) is 0 Å². The summed E-state index contributed by atoms with van der Waals surface area (Å²) in [6.45, 7) is 41.0. The van der Waals surface area contributed by atoms with Gasteiger partial charge in [0.2, 0.25) is 0 Å². The highest BCUT2D eigenvalue weighted by atomic mass is 13.9. The molecule has 0 heteroatoms. The molecule has 278 valence electrons. The maximum atomic E-state index is 2.12. The Morgan fingerprint density at radius 3 is 0.449 bits per heavy atom. The third-order valence-corrected chi connectivity index (χ3v) is 5.94. The van der Waals surface area contributed by atoms with Gasteiger partial charge in [-0.25, -0.2) is 0 Å². The molecule has 0 aliphatic rings. The van der Waals surface area contributed by atoms with E-state index >= 15 is 0 Å². The van der Waals surface area contributed by atoms with Gasteiger partial charge in [0.1, 0.15) is 0 Å². The molecule has 0 nitrogen and oxygen atoms in total. The highest BCUT2D eigenvalue weighted by Gasteiger charge is 1.86. The van der Waals surface area contributed by atoms with Crippen LogP contribution in [0.5, 0.6) is 0 Å². The maximum Gasteiger partial charge on any atom is -0.0184 e. The molecule has 0 aromatic heterocycles. The van der Waals surface area contributed by atoms with Crippen molar-refractivity contribution in [3.8, 4) is 0 Å². The van der Waals surface area contributed by atoms with E-state index in [1.165, 1.54) is 50.6 Å².